The number of anilines is 1. The first-order valence-electron chi connectivity index (χ1n) is 7.52. The van der Waals surface area contributed by atoms with Gasteiger partial charge in [-0.2, -0.15) is 13.2 Å². The van der Waals surface area contributed by atoms with Crippen LogP contribution in [0.1, 0.15) is 18.4 Å². The molecular weight excluding hydrogens is 319 g/mol. The number of nitrogens with one attached hydrogen (secondary N) is 1. The van der Waals surface area contributed by atoms with Crippen molar-refractivity contribution in [3.05, 3.63) is 42.0 Å². The van der Waals surface area contributed by atoms with Crippen LogP contribution in [0.3, 0.4) is 0 Å². The first kappa shape index (κ1) is 14.9. The summed E-state index contributed by atoms with van der Waals surface area (Å²) in [6.45, 7) is 0. The van der Waals surface area contributed by atoms with Crippen LogP contribution in [0.25, 0.3) is 10.8 Å². The van der Waals surface area contributed by atoms with Crippen LogP contribution >= 0.6 is 0 Å². The molecule has 1 unspecified atom stereocenters. The second-order valence-corrected chi connectivity index (χ2v) is 5.98. The number of fused-ring (bicyclic) bond motifs is 2. The third kappa shape index (κ3) is 2.28. The van der Waals surface area contributed by atoms with Gasteiger partial charge in [-0.25, -0.2) is 4.79 Å². The van der Waals surface area contributed by atoms with E-state index in [1.165, 1.54) is 12.1 Å². The Morgan fingerprint density at radius 2 is 1.83 bits per heavy atom. The van der Waals surface area contributed by atoms with Crippen molar-refractivity contribution in [1.29, 1.82) is 0 Å². The highest BCUT2D eigenvalue weighted by Crippen LogP contribution is 2.48. The van der Waals surface area contributed by atoms with E-state index in [1.807, 2.05) is 0 Å². The highest BCUT2D eigenvalue weighted by atomic mass is 19.4. The third-order valence-corrected chi connectivity index (χ3v) is 4.18. The molecule has 0 spiro atoms. The summed E-state index contributed by atoms with van der Waals surface area (Å²) in [4.78, 5) is 11.8. The highest BCUT2D eigenvalue weighted by molar-refractivity contribution is 5.96. The van der Waals surface area contributed by atoms with E-state index >= 15 is 0 Å². The lowest BCUT2D eigenvalue weighted by Gasteiger charge is -2.36. The van der Waals surface area contributed by atoms with Gasteiger partial charge in [0.15, 0.2) is 0 Å². The van der Waals surface area contributed by atoms with E-state index in [2.05, 4.69) is 17.2 Å². The lowest BCUT2D eigenvalue weighted by Crippen LogP contribution is -2.49. The zero-order valence-electron chi connectivity index (χ0n) is 12.4. The minimum atomic E-state index is -4.84. The normalized spacial score (nSPS) is 22.9. The molecule has 1 saturated carbocycles. The zero-order valence-corrected chi connectivity index (χ0v) is 12.4. The molecule has 2 aromatic carbocycles. The number of amides is 1. The Bertz CT molecular complexity index is 906. The van der Waals surface area contributed by atoms with Crippen molar-refractivity contribution in [2.24, 2.45) is 5.92 Å². The molecule has 1 amide bonds. The van der Waals surface area contributed by atoms with Crippen molar-refractivity contribution in [1.82, 2.24) is 0 Å². The van der Waals surface area contributed by atoms with Crippen LogP contribution in [0, 0.1) is 17.8 Å². The molecule has 0 bridgehead atoms. The number of hydrogen-bond donors (Lipinski definition) is 1. The Labute approximate surface area is 135 Å². The molecule has 3 nitrogen and oxygen atoms in total. The Balaban J connectivity index is 1.99. The number of hydrogen-bond acceptors (Lipinski definition) is 2. The van der Waals surface area contributed by atoms with Gasteiger partial charge in [-0.05, 0) is 41.7 Å². The van der Waals surface area contributed by atoms with Crippen molar-refractivity contribution in [3.8, 4) is 11.8 Å². The van der Waals surface area contributed by atoms with Crippen molar-refractivity contribution >= 4 is 22.6 Å². The average Bonchev–Trinajstić information content (AvgIpc) is 3.34. The van der Waals surface area contributed by atoms with Crippen LogP contribution in [0.2, 0.25) is 0 Å². The van der Waals surface area contributed by atoms with Crippen molar-refractivity contribution < 1.29 is 22.7 Å². The number of cyclic esters (lactones) is 1. The molecule has 1 heterocycles. The topological polar surface area (TPSA) is 38.3 Å². The van der Waals surface area contributed by atoms with E-state index in [9.17, 15) is 18.0 Å². The maximum Gasteiger partial charge on any atom is 0.445 e. The molecule has 0 radical (unpaired) electrons. The second-order valence-electron chi connectivity index (χ2n) is 5.98. The molecule has 2 aliphatic rings. The lowest BCUT2D eigenvalue weighted by molar-refractivity contribution is -0.239. The van der Waals surface area contributed by atoms with Gasteiger partial charge in [-0.1, -0.05) is 30.2 Å². The Hall–Kier alpha value is -2.68. The predicted molar refractivity (Wildman–Crippen MR) is 82.3 cm³/mol. The van der Waals surface area contributed by atoms with E-state index in [4.69, 9.17) is 4.74 Å². The molecule has 1 N–H and O–H groups in total. The van der Waals surface area contributed by atoms with Gasteiger partial charge in [-0.3, -0.25) is 5.32 Å². The molecule has 1 fully saturated rings. The van der Waals surface area contributed by atoms with E-state index in [-0.39, 0.29) is 17.2 Å². The smallest absolute Gasteiger partial charge is 0.415 e. The minimum Gasteiger partial charge on any atom is -0.415 e. The molecule has 2 aromatic rings. The van der Waals surface area contributed by atoms with Crippen LogP contribution < -0.4 is 5.32 Å². The quantitative estimate of drug-likeness (QED) is 0.718. The summed E-state index contributed by atoms with van der Waals surface area (Å²) in [5.41, 5.74) is -3.04. The molecule has 1 atom stereocenters. The van der Waals surface area contributed by atoms with Gasteiger partial charge in [-0.15, -0.1) is 0 Å². The molecule has 1 aliphatic heterocycles. The summed E-state index contributed by atoms with van der Waals surface area (Å²) < 4.78 is 46.5. The van der Waals surface area contributed by atoms with Crippen LogP contribution in [-0.2, 0) is 10.3 Å². The number of carbonyl (C=O) groups excluding carboxylic acids is 1. The second kappa shape index (κ2) is 4.91. The maximum absolute atomic E-state index is 13.9. The Kier molecular flexibility index (Phi) is 3.04. The highest BCUT2D eigenvalue weighted by Gasteiger charge is 2.62. The van der Waals surface area contributed by atoms with Gasteiger partial charge in [0, 0.05) is 11.5 Å². The fourth-order valence-electron chi connectivity index (χ4n) is 2.77. The Morgan fingerprint density at radius 1 is 1.17 bits per heavy atom. The van der Waals surface area contributed by atoms with Crippen molar-refractivity contribution in [3.63, 3.8) is 0 Å². The monoisotopic (exact) mass is 331 g/mol. The van der Waals surface area contributed by atoms with Gasteiger partial charge < -0.3 is 4.74 Å². The first-order valence-corrected chi connectivity index (χ1v) is 7.52. The van der Waals surface area contributed by atoms with E-state index in [0.29, 0.717) is 5.39 Å². The number of alkyl halides is 3. The summed E-state index contributed by atoms with van der Waals surface area (Å²) in [6, 6.07) is 9.90. The molecule has 1 aliphatic carbocycles. The number of carbonyl (C=O) groups is 1. The Morgan fingerprint density at radius 3 is 2.46 bits per heavy atom. The molecular formula is C18H12F3NO2. The van der Waals surface area contributed by atoms with E-state index in [0.717, 1.165) is 18.2 Å². The molecule has 0 aromatic heterocycles. The van der Waals surface area contributed by atoms with Gasteiger partial charge in [0.1, 0.15) is 0 Å². The van der Waals surface area contributed by atoms with Crippen LogP contribution in [-0.4, -0.2) is 12.3 Å². The van der Waals surface area contributed by atoms with Gasteiger partial charge in [0.05, 0.1) is 5.69 Å². The van der Waals surface area contributed by atoms with Crippen LogP contribution in [0.4, 0.5) is 23.7 Å². The zero-order chi connectivity index (χ0) is 16.9. The van der Waals surface area contributed by atoms with Crippen molar-refractivity contribution in [2.75, 3.05) is 5.32 Å². The molecule has 4 rings (SSSR count). The summed E-state index contributed by atoms with van der Waals surface area (Å²) in [6.07, 6.45) is -4.44. The molecule has 0 saturated heterocycles. The van der Waals surface area contributed by atoms with Gasteiger partial charge >= 0.3 is 12.3 Å². The summed E-state index contributed by atoms with van der Waals surface area (Å²) in [7, 11) is 0. The number of ether oxygens (including phenoxy) is 1. The fraction of sp³-hybridized carbons (Fsp3) is 0.278. The third-order valence-electron chi connectivity index (χ3n) is 4.18. The fourth-order valence-corrected chi connectivity index (χ4v) is 2.77. The van der Waals surface area contributed by atoms with Gasteiger partial charge in [0.2, 0.25) is 0 Å². The number of rotatable bonds is 0. The maximum atomic E-state index is 13.9. The lowest BCUT2D eigenvalue weighted by atomic mass is 9.88. The largest absolute Gasteiger partial charge is 0.445 e. The number of benzene rings is 2. The number of halogens is 3. The molecule has 122 valence electrons. The minimum absolute atomic E-state index is 0.0540. The van der Waals surface area contributed by atoms with Gasteiger partial charge in [0.25, 0.3) is 5.60 Å². The summed E-state index contributed by atoms with van der Waals surface area (Å²) in [5, 5.41) is 3.70. The van der Waals surface area contributed by atoms with Crippen LogP contribution in [0.15, 0.2) is 36.4 Å². The standard InChI is InChI=1S/C18H12F3NO2/c19-18(20,21)17(8-7-11-5-6-11)14-9-12-3-1-2-4-13(12)10-15(14)22-16(23)24-17/h1-4,9-11H,5-6H2,(H,22,23). The summed E-state index contributed by atoms with van der Waals surface area (Å²) >= 11 is 0. The van der Waals surface area contributed by atoms with Crippen LogP contribution in [0.5, 0.6) is 0 Å². The van der Waals surface area contributed by atoms with Crippen molar-refractivity contribution in [2.45, 2.75) is 24.6 Å². The SMILES string of the molecule is O=C1Nc2cc3ccccc3cc2C(C#CC2CC2)(C(F)(F)F)O1. The average molecular weight is 331 g/mol. The molecule has 24 heavy (non-hydrogen) atoms. The predicted octanol–water partition coefficient (Wildman–Crippen LogP) is 4.57. The van der Waals surface area contributed by atoms with E-state index < -0.39 is 17.9 Å². The summed E-state index contributed by atoms with van der Waals surface area (Å²) in [5.74, 6) is 4.78. The molecule has 6 heteroatoms. The first-order chi connectivity index (χ1) is 11.4. The van der Waals surface area contributed by atoms with E-state index in [1.54, 1.807) is 24.3 Å².